The Morgan fingerprint density at radius 3 is 2.75 bits per heavy atom. The number of nitrogens with zero attached hydrogens (tertiary/aromatic N) is 2. The van der Waals surface area contributed by atoms with Crippen molar-refractivity contribution in [2.24, 2.45) is 5.73 Å². The van der Waals surface area contributed by atoms with Crippen LogP contribution < -0.4 is 5.73 Å². The molecule has 8 heavy (non-hydrogen) atoms. The second kappa shape index (κ2) is 3.57. The van der Waals surface area contributed by atoms with Gasteiger partial charge in [-0.05, 0) is 0 Å². The minimum Gasteiger partial charge on any atom is -0.427 e. The smallest absolute Gasteiger partial charge is 0.229 e. The minimum atomic E-state index is 0. The number of halogens is 1. The normalized spacial score (nSPS) is 8.12. The van der Waals surface area contributed by atoms with E-state index in [9.17, 15) is 0 Å². The summed E-state index contributed by atoms with van der Waals surface area (Å²) in [5.41, 5.74) is 5.10. The van der Waals surface area contributed by atoms with Gasteiger partial charge >= 0.3 is 0 Å². The number of rotatable bonds is 1. The van der Waals surface area contributed by atoms with E-state index in [0.29, 0.717) is 12.4 Å². The molecule has 0 aliphatic rings. The second-order valence-corrected chi connectivity index (χ2v) is 1.04. The lowest BCUT2D eigenvalue weighted by atomic mass is 10.7. The number of hydrogen-bond acceptors (Lipinski definition) is 4. The maximum atomic E-state index is 5.10. The quantitative estimate of drug-likeness (QED) is 0.665. The van der Waals surface area contributed by atoms with Crippen LogP contribution in [-0.2, 0) is 6.54 Å². The van der Waals surface area contributed by atoms with Gasteiger partial charge in [-0.15, -0.1) is 27.2 Å². The summed E-state index contributed by atoms with van der Waals surface area (Å²) in [6, 6.07) is 0. The molecule has 0 unspecified atom stereocenters. The van der Waals surface area contributed by atoms with Crippen molar-refractivity contribution in [1.82, 2.24) is 10.2 Å². The van der Waals surface area contributed by atoms with Gasteiger partial charge in [0.1, 0.15) is 0 Å². The zero-order chi connectivity index (χ0) is 5.11. The van der Waals surface area contributed by atoms with Gasteiger partial charge in [-0.1, -0.05) is 0 Å². The van der Waals surface area contributed by atoms with Crippen LogP contribution in [-0.4, -0.2) is 10.2 Å². The van der Waals surface area contributed by atoms with Crippen LogP contribution in [0.1, 0.15) is 5.89 Å². The van der Waals surface area contributed by atoms with E-state index >= 15 is 0 Å². The zero-order valence-corrected chi connectivity index (χ0v) is 5.79. The number of nitrogens with two attached hydrogens (primary N) is 1. The first-order valence-electron chi connectivity index (χ1n) is 1.88. The monoisotopic (exact) mass is 179 g/mol. The van der Waals surface area contributed by atoms with Crippen molar-refractivity contribution in [3.05, 3.63) is 12.3 Å². The van der Waals surface area contributed by atoms with Crippen LogP contribution in [0.25, 0.3) is 0 Å². The van der Waals surface area contributed by atoms with Crippen molar-refractivity contribution in [3.63, 3.8) is 0 Å². The minimum absolute atomic E-state index is 0. The number of aromatic nitrogens is 2. The van der Waals surface area contributed by atoms with E-state index in [1.807, 2.05) is 0 Å². The van der Waals surface area contributed by atoms with Gasteiger partial charge in [0.2, 0.25) is 12.3 Å². The van der Waals surface area contributed by atoms with Gasteiger partial charge in [0, 0.05) is 0 Å². The Morgan fingerprint density at radius 2 is 2.50 bits per heavy atom. The molecule has 4 nitrogen and oxygen atoms in total. The fraction of sp³-hybridized carbons (Fsp3) is 0.333. The standard InChI is InChI=1S/C3H5N3O.BrH/c4-1-3-6-5-2-7-3;/h2H,1,4H2;1H. The first-order chi connectivity index (χ1) is 3.43. The topological polar surface area (TPSA) is 64.9 Å². The molecule has 0 aromatic carbocycles. The van der Waals surface area contributed by atoms with Crippen molar-refractivity contribution < 1.29 is 4.42 Å². The average molecular weight is 180 g/mol. The lowest BCUT2D eigenvalue weighted by Gasteiger charge is -1.75. The highest BCUT2D eigenvalue weighted by molar-refractivity contribution is 8.93. The highest BCUT2D eigenvalue weighted by atomic mass is 79.9. The van der Waals surface area contributed by atoms with Crippen molar-refractivity contribution in [3.8, 4) is 0 Å². The first kappa shape index (κ1) is 7.58. The summed E-state index contributed by atoms with van der Waals surface area (Å²) in [5.74, 6) is 0.472. The van der Waals surface area contributed by atoms with E-state index in [2.05, 4.69) is 14.6 Å². The lowest BCUT2D eigenvalue weighted by molar-refractivity contribution is 0.496. The van der Waals surface area contributed by atoms with E-state index in [1.165, 1.54) is 6.39 Å². The van der Waals surface area contributed by atoms with Crippen LogP contribution in [0, 0.1) is 0 Å². The van der Waals surface area contributed by atoms with Crippen LogP contribution in [0.4, 0.5) is 0 Å². The van der Waals surface area contributed by atoms with E-state index in [-0.39, 0.29) is 17.0 Å². The van der Waals surface area contributed by atoms with Crippen molar-refractivity contribution in [2.45, 2.75) is 6.54 Å². The van der Waals surface area contributed by atoms with E-state index < -0.39 is 0 Å². The fourth-order valence-electron chi connectivity index (χ4n) is 0.285. The summed E-state index contributed by atoms with van der Waals surface area (Å²) in [6.45, 7) is 0.319. The molecular formula is C3H6BrN3O. The molecule has 0 radical (unpaired) electrons. The molecular weight excluding hydrogens is 174 g/mol. The Labute approximate surface area is 56.9 Å². The Kier molecular flexibility index (Phi) is 3.38. The molecule has 0 aliphatic carbocycles. The first-order valence-corrected chi connectivity index (χ1v) is 1.88. The van der Waals surface area contributed by atoms with Gasteiger partial charge in [-0.3, -0.25) is 0 Å². The van der Waals surface area contributed by atoms with E-state index in [0.717, 1.165) is 0 Å². The van der Waals surface area contributed by atoms with Crippen molar-refractivity contribution in [2.75, 3.05) is 0 Å². The predicted molar refractivity (Wildman–Crippen MR) is 32.5 cm³/mol. The molecule has 0 atom stereocenters. The largest absolute Gasteiger partial charge is 0.427 e. The third-order valence-corrected chi connectivity index (χ3v) is 0.580. The Balaban J connectivity index is 0.000000490. The molecule has 0 spiro atoms. The van der Waals surface area contributed by atoms with E-state index in [1.54, 1.807) is 0 Å². The van der Waals surface area contributed by atoms with Gasteiger partial charge < -0.3 is 10.2 Å². The molecule has 1 rings (SSSR count). The van der Waals surface area contributed by atoms with Gasteiger partial charge in [0.05, 0.1) is 6.54 Å². The van der Waals surface area contributed by atoms with Crippen LogP contribution in [0.3, 0.4) is 0 Å². The average Bonchev–Trinajstić information content (AvgIpc) is 2.14. The van der Waals surface area contributed by atoms with Gasteiger partial charge in [-0.2, -0.15) is 0 Å². The van der Waals surface area contributed by atoms with Crippen molar-refractivity contribution in [1.29, 1.82) is 0 Å². The molecule has 1 aromatic rings. The van der Waals surface area contributed by atoms with Gasteiger partial charge in [-0.25, -0.2) is 0 Å². The summed E-state index contributed by atoms with van der Waals surface area (Å²) < 4.78 is 4.64. The van der Waals surface area contributed by atoms with Crippen LogP contribution in [0.2, 0.25) is 0 Å². The SMILES string of the molecule is Br.NCc1nnco1. The Bertz CT molecular complexity index is 129. The van der Waals surface area contributed by atoms with Gasteiger partial charge in [0.15, 0.2) is 0 Å². The summed E-state index contributed by atoms with van der Waals surface area (Å²) in [6.07, 6.45) is 1.25. The molecule has 0 aliphatic heterocycles. The molecule has 0 bridgehead atoms. The maximum Gasteiger partial charge on any atom is 0.229 e. The molecule has 2 N–H and O–H groups in total. The molecule has 0 amide bonds. The third-order valence-electron chi connectivity index (χ3n) is 0.580. The van der Waals surface area contributed by atoms with Crippen molar-refractivity contribution >= 4 is 17.0 Å². The summed E-state index contributed by atoms with van der Waals surface area (Å²) >= 11 is 0. The highest BCUT2D eigenvalue weighted by Crippen LogP contribution is 1.84. The van der Waals surface area contributed by atoms with E-state index in [4.69, 9.17) is 5.73 Å². The fourth-order valence-corrected chi connectivity index (χ4v) is 0.285. The molecule has 0 saturated carbocycles. The predicted octanol–water partition coefficient (Wildman–Crippen LogP) is 0.106. The number of hydrogen-bond donors (Lipinski definition) is 1. The second-order valence-electron chi connectivity index (χ2n) is 1.04. The highest BCUT2D eigenvalue weighted by Gasteiger charge is 1.88. The molecule has 46 valence electrons. The molecule has 5 heteroatoms. The molecule has 0 saturated heterocycles. The van der Waals surface area contributed by atoms with Crippen LogP contribution in [0.5, 0.6) is 0 Å². The summed E-state index contributed by atoms with van der Waals surface area (Å²) in [5, 5.41) is 6.89. The van der Waals surface area contributed by atoms with Crippen LogP contribution in [0.15, 0.2) is 10.8 Å². The van der Waals surface area contributed by atoms with Crippen LogP contribution >= 0.6 is 17.0 Å². The third kappa shape index (κ3) is 1.59. The zero-order valence-electron chi connectivity index (χ0n) is 4.07. The lowest BCUT2D eigenvalue weighted by Crippen LogP contribution is -1.95. The summed E-state index contributed by atoms with van der Waals surface area (Å²) in [7, 11) is 0. The maximum absolute atomic E-state index is 5.10. The molecule has 1 aromatic heterocycles. The van der Waals surface area contributed by atoms with Gasteiger partial charge in [0.25, 0.3) is 0 Å². The summed E-state index contributed by atoms with van der Waals surface area (Å²) in [4.78, 5) is 0. The molecule has 0 fully saturated rings. The Hall–Kier alpha value is -0.420. The molecule has 1 heterocycles. The Morgan fingerprint density at radius 1 is 1.75 bits per heavy atom.